The van der Waals surface area contributed by atoms with Crippen molar-refractivity contribution in [2.75, 3.05) is 25.9 Å². The molecule has 6 nitrogen and oxygen atoms in total. The Morgan fingerprint density at radius 1 is 1.27 bits per heavy atom. The Balaban J connectivity index is 1.50. The van der Waals surface area contributed by atoms with E-state index < -0.39 is 9.84 Å². The molecule has 162 valence electrons. The molecule has 0 atom stereocenters. The third-order valence-electron chi connectivity index (χ3n) is 5.21. The van der Waals surface area contributed by atoms with Crippen molar-refractivity contribution in [1.82, 2.24) is 9.47 Å². The predicted molar refractivity (Wildman–Crippen MR) is 122 cm³/mol. The molecule has 1 amide bonds. The summed E-state index contributed by atoms with van der Waals surface area (Å²) in [5, 5.41) is 1.77. The summed E-state index contributed by atoms with van der Waals surface area (Å²) in [6, 6.07) is 6.90. The number of piperidine rings is 1. The first-order chi connectivity index (χ1) is 14.3. The maximum atomic E-state index is 12.5. The van der Waals surface area contributed by atoms with Gasteiger partial charge in [0.15, 0.2) is 14.6 Å². The minimum atomic E-state index is -3.45. The first kappa shape index (κ1) is 22.8. The summed E-state index contributed by atoms with van der Waals surface area (Å²) < 4.78 is 26.6. The molecule has 2 heterocycles. The van der Waals surface area contributed by atoms with Crippen LogP contribution >= 0.6 is 22.9 Å². The molecule has 1 aromatic heterocycles. The lowest BCUT2D eigenvalue weighted by molar-refractivity contribution is -0.131. The van der Waals surface area contributed by atoms with E-state index in [0.717, 1.165) is 23.2 Å². The van der Waals surface area contributed by atoms with Gasteiger partial charge in [-0.2, -0.15) is 0 Å². The predicted octanol–water partition coefficient (Wildman–Crippen LogP) is 3.45. The Bertz CT molecular complexity index is 1080. The fourth-order valence-corrected chi connectivity index (χ4v) is 5.66. The maximum absolute atomic E-state index is 12.5. The summed E-state index contributed by atoms with van der Waals surface area (Å²) in [7, 11) is 0.321. The normalized spacial score (nSPS) is 16.5. The lowest BCUT2D eigenvalue weighted by Crippen LogP contribution is -2.38. The number of carbonyl (C=O) groups excluding carboxylic acids is 1. The van der Waals surface area contributed by atoms with Gasteiger partial charge >= 0.3 is 0 Å². The van der Waals surface area contributed by atoms with Crippen LogP contribution in [0.3, 0.4) is 0 Å². The highest BCUT2D eigenvalue weighted by atomic mass is 35.5. The first-order valence-corrected chi connectivity index (χ1v) is 12.7. The van der Waals surface area contributed by atoms with Crippen LogP contribution in [0.4, 0.5) is 0 Å². The molecule has 0 saturated carbocycles. The largest absolute Gasteiger partial charge is 0.343 e. The van der Waals surface area contributed by atoms with Crippen LogP contribution in [0.1, 0.15) is 35.6 Å². The van der Waals surface area contributed by atoms with Crippen LogP contribution in [0.2, 0.25) is 5.02 Å². The second-order valence-corrected chi connectivity index (χ2v) is 10.9. The van der Waals surface area contributed by atoms with Crippen LogP contribution in [0, 0.1) is 0 Å². The molecule has 1 fully saturated rings. The second-order valence-electron chi connectivity index (χ2n) is 7.38. The number of likely N-dealkylation sites (tertiary alicyclic amines) is 1. The Morgan fingerprint density at radius 2 is 1.93 bits per heavy atom. The van der Waals surface area contributed by atoms with Crippen LogP contribution in [-0.2, 0) is 21.7 Å². The molecule has 1 saturated heterocycles. The number of aryl methyl sites for hydroxylation is 1. The van der Waals surface area contributed by atoms with Gasteiger partial charge in [0.25, 0.3) is 0 Å². The number of hydrogen-bond donors (Lipinski definition) is 0. The van der Waals surface area contributed by atoms with Gasteiger partial charge in [0.05, 0.1) is 5.75 Å². The van der Waals surface area contributed by atoms with Gasteiger partial charge < -0.3 is 9.47 Å². The van der Waals surface area contributed by atoms with E-state index in [1.54, 1.807) is 47.5 Å². The van der Waals surface area contributed by atoms with Gasteiger partial charge in [0.2, 0.25) is 5.91 Å². The molecule has 9 heteroatoms. The minimum Gasteiger partial charge on any atom is -0.343 e. The van der Waals surface area contributed by atoms with Crippen molar-refractivity contribution in [3.63, 3.8) is 0 Å². The van der Waals surface area contributed by atoms with Crippen LogP contribution in [0.15, 0.2) is 40.9 Å². The van der Waals surface area contributed by atoms with Gasteiger partial charge in [0, 0.05) is 55.1 Å². The van der Waals surface area contributed by atoms with E-state index in [1.165, 1.54) is 16.4 Å². The lowest BCUT2D eigenvalue weighted by atomic mass is 9.95. The summed E-state index contributed by atoms with van der Waals surface area (Å²) in [5.41, 5.74) is 0.748. The maximum Gasteiger partial charge on any atom is 0.223 e. The number of hydrogen-bond acceptors (Lipinski definition) is 5. The van der Waals surface area contributed by atoms with Crippen molar-refractivity contribution >= 4 is 44.8 Å². The van der Waals surface area contributed by atoms with E-state index in [-0.39, 0.29) is 18.1 Å². The highest BCUT2D eigenvalue weighted by molar-refractivity contribution is 7.94. The lowest BCUT2D eigenvalue weighted by Gasteiger charge is -2.31. The van der Waals surface area contributed by atoms with Gasteiger partial charge in [-0.1, -0.05) is 23.7 Å². The number of benzene rings is 1. The van der Waals surface area contributed by atoms with Gasteiger partial charge in [-0.15, -0.1) is 11.3 Å². The molecule has 0 radical (unpaired) electrons. The molecule has 0 spiro atoms. The molecule has 1 aromatic carbocycles. The molecule has 1 aliphatic heterocycles. The van der Waals surface area contributed by atoms with Gasteiger partial charge in [-0.25, -0.2) is 8.42 Å². The molecule has 1 aliphatic rings. The van der Waals surface area contributed by atoms with E-state index in [4.69, 9.17) is 11.6 Å². The molecule has 2 aromatic rings. The number of rotatable bonds is 6. The average molecular weight is 468 g/mol. The van der Waals surface area contributed by atoms with Crippen LogP contribution in [0.25, 0.3) is 6.08 Å². The molecule has 0 bridgehead atoms. The van der Waals surface area contributed by atoms with E-state index in [0.29, 0.717) is 24.0 Å². The summed E-state index contributed by atoms with van der Waals surface area (Å²) in [6.07, 6.45) is 5.43. The number of aromatic nitrogens is 1. The summed E-state index contributed by atoms with van der Waals surface area (Å²) >= 11 is 7.52. The zero-order valence-electron chi connectivity index (χ0n) is 17.1. The topological polar surface area (TPSA) is 71.7 Å². The number of carbonyl (C=O) groups is 1. The van der Waals surface area contributed by atoms with Crippen molar-refractivity contribution in [1.29, 1.82) is 0 Å². The van der Waals surface area contributed by atoms with Crippen molar-refractivity contribution in [2.45, 2.75) is 25.2 Å². The van der Waals surface area contributed by atoms with Crippen LogP contribution in [0.5, 0.6) is 0 Å². The smallest absolute Gasteiger partial charge is 0.223 e. The molecular formula is C21H26ClN3O3S2. The van der Waals surface area contributed by atoms with Gasteiger partial charge in [-0.3, -0.25) is 9.79 Å². The minimum absolute atomic E-state index is 0.00474. The Morgan fingerprint density at radius 3 is 2.53 bits per heavy atom. The molecule has 0 aliphatic carbocycles. The highest BCUT2D eigenvalue weighted by Gasteiger charge is 2.25. The molecular weight excluding hydrogens is 442 g/mol. The standard InChI is InChI=1S/C21H26ClN3O3S2/c1-23-21-24(2)15-19(29-21)17-7-11-25(12-8-17)20(26)10-14-30(27,28)13-9-16-3-5-18(22)6-4-16/h3-6,9,13,15,17H,7-8,10-12,14H2,1-2H3/b13-9+,23-21-. The first-order valence-electron chi connectivity index (χ1n) is 9.81. The zero-order valence-corrected chi connectivity index (χ0v) is 19.5. The third-order valence-corrected chi connectivity index (χ3v) is 8.11. The van der Waals surface area contributed by atoms with Crippen molar-refractivity contribution in [3.8, 4) is 0 Å². The zero-order chi connectivity index (χ0) is 21.7. The van der Waals surface area contributed by atoms with Gasteiger partial charge in [-0.05, 0) is 42.5 Å². The number of amides is 1. The van der Waals surface area contributed by atoms with E-state index in [2.05, 4.69) is 11.2 Å². The SMILES string of the molecule is C/N=c1\sc(C2CCN(C(=O)CCS(=O)(=O)/C=C/c3ccc(Cl)cc3)CC2)cn1C. The number of thiazole rings is 1. The van der Waals surface area contributed by atoms with Crippen LogP contribution in [-0.4, -0.2) is 49.7 Å². The summed E-state index contributed by atoms with van der Waals surface area (Å²) in [4.78, 5) is 20.8. The Hall–Kier alpha value is -1.90. The Kier molecular flexibility index (Phi) is 7.55. The fraction of sp³-hybridized carbons (Fsp3) is 0.429. The molecule has 0 unspecified atom stereocenters. The number of halogens is 1. The number of sulfone groups is 1. The highest BCUT2D eigenvalue weighted by Crippen LogP contribution is 2.29. The van der Waals surface area contributed by atoms with Crippen molar-refractivity contribution in [3.05, 3.63) is 56.1 Å². The second kappa shape index (κ2) is 9.94. The quantitative estimate of drug-likeness (QED) is 0.653. The van der Waals surface area contributed by atoms with E-state index in [1.807, 2.05) is 11.6 Å². The average Bonchev–Trinajstić information content (AvgIpc) is 3.12. The monoisotopic (exact) mass is 467 g/mol. The third kappa shape index (κ3) is 6.06. The Labute approximate surface area is 186 Å². The molecule has 30 heavy (non-hydrogen) atoms. The molecule has 3 rings (SSSR count). The summed E-state index contributed by atoms with van der Waals surface area (Å²) in [6.45, 7) is 1.31. The fourth-order valence-electron chi connectivity index (χ4n) is 3.47. The molecule has 0 N–H and O–H groups in total. The number of nitrogens with zero attached hydrogens (tertiary/aromatic N) is 3. The summed E-state index contributed by atoms with van der Waals surface area (Å²) in [5.74, 6) is 0.141. The van der Waals surface area contributed by atoms with Crippen molar-refractivity contribution < 1.29 is 13.2 Å². The van der Waals surface area contributed by atoms with E-state index in [9.17, 15) is 13.2 Å². The van der Waals surface area contributed by atoms with Crippen molar-refractivity contribution in [2.24, 2.45) is 12.0 Å². The van der Waals surface area contributed by atoms with Crippen LogP contribution < -0.4 is 4.80 Å². The van der Waals surface area contributed by atoms with Gasteiger partial charge in [0.1, 0.15) is 0 Å². The van der Waals surface area contributed by atoms with E-state index >= 15 is 0 Å².